The Morgan fingerprint density at radius 3 is 2.43 bits per heavy atom. The zero-order chi connectivity index (χ0) is 16.9. The van der Waals surface area contributed by atoms with Crippen LogP contribution in [0.3, 0.4) is 0 Å². The molecule has 0 unspecified atom stereocenters. The molecule has 0 atom stereocenters. The van der Waals surface area contributed by atoms with Crippen molar-refractivity contribution in [2.75, 3.05) is 0 Å². The number of fused-ring (bicyclic) bond motifs is 1. The summed E-state index contributed by atoms with van der Waals surface area (Å²) in [6, 6.07) is 5.06. The van der Waals surface area contributed by atoms with Gasteiger partial charge in [0.25, 0.3) is 5.56 Å². The fourth-order valence-electron chi connectivity index (χ4n) is 2.38. The largest absolute Gasteiger partial charge is 0.332 e. The van der Waals surface area contributed by atoms with Gasteiger partial charge in [-0.25, -0.2) is 4.79 Å². The summed E-state index contributed by atoms with van der Waals surface area (Å²) in [6.45, 7) is 0.235. The van der Waals surface area contributed by atoms with Crippen molar-refractivity contribution in [3.63, 3.8) is 0 Å². The van der Waals surface area contributed by atoms with Gasteiger partial charge in [-0.2, -0.15) is 4.98 Å². The Morgan fingerprint density at radius 1 is 1.09 bits per heavy atom. The molecule has 6 nitrogen and oxygen atoms in total. The number of hydrogen-bond donors (Lipinski definition) is 0. The van der Waals surface area contributed by atoms with Gasteiger partial charge in [-0.05, 0) is 29.3 Å². The summed E-state index contributed by atoms with van der Waals surface area (Å²) in [7, 11) is 2.94. The Bertz CT molecular complexity index is 1050. The molecule has 0 radical (unpaired) electrons. The quantitative estimate of drug-likeness (QED) is 0.648. The molecule has 0 amide bonds. The minimum atomic E-state index is -0.465. The topological polar surface area (TPSA) is 61.8 Å². The molecule has 120 valence electrons. The van der Waals surface area contributed by atoms with E-state index < -0.39 is 11.2 Å². The Kier molecular flexibility index (Phi) is 4.00. The van der Waals surface area contributed by atoms with Crippen LogP contribution < -0.4 is 11.2 Å². The highest BCUT2D eigenvalue weighted by atomic mass is 35.5. The highest BCUT2D eigenvalue weighted by molar-refractivity contribution is 6.35. The lowest BCUT2D eigenvalue weighted by Crippen LogP contribution is -2.37. The normalized spacial score (nSPS) is 11.3. The van der Waals surface area contributed by atoms with Crippen molar-refractivity contribution in [2.24, 2.45) is 14.1 Å². The van der Waals surface area contributed by atoms with E-state index in [0.717, 1.165) is 10.1 Å². The third kappa shape index (κ3) is 2.56. The smallest absolute Gasteiger partial charge is 0.304 e. The molecule has 0 aliphatic heterocycles. The Hall–Kier alpha value is -1.76. The number of aromatic nitrogens is 4. The molecule has 0 spiro atoms. The van der Waals surface area contributed by atoms with E-state index in [1.165, 1.54) is 23.2 Å². The second-order valence-electron chi connectivity index (χ2n) is 5.08. The van der Waals surface area contributed by atoms with Gasteiger partial charge in [0.05, 0.1) is 6.54 Å². The standard InChI is InChI=1S/C14H11Cl3N4O2/c1-19-11-10(12(22)20(2)14(19)23)21(13(17)18-11)6-7-3-4-8(15)5-9(7)16/h3-5H,6H2,1-2H3. The molecule has 0 N–H and O–H groups in total. The first-order valence-electron chi connectivity index (χ1n) is 6.57. The summed E-state index contributed by atoms with van der Waals surface area (Å²) in [5.41, 5.74) is 0.271. The van der Waals surface area contributed by atoms with E-state index in [-0.39, 0.29) is 23.0 Å². The van der Waals surface area contributed by atoms with Gasteiger partial charge in [0.1, 0.15) is 0 Å². The van der Waals surface area contributed by atoms with Crippen LogP contribution in [-0.2, 0) is 20.6 Å². The van der Waals surface area contributed by atoms with Crippen LogP contribution in [0, 0.1) is 0 Å². The van der Waals surface area contributed by atoms with E-state index in [9.17, 15) is 9.59 Å². The molecule has 9 heteroatoms. The highest BCUT2D eigenvalue weighted by Gasteiger charge is 2.18. The van der Waals surface area contributed by atoms with Crippen molar-refractivity contribution >= 4 is 46.0 Å². The fraction of sp³-hybridized carbons (Fsp3) is 0.214. The molecule has 0 aliphatic carbocycles. The van der Waals surface area contributed by atoms with Crippen LogP contribution in [-0.4, -0.2) is 18.7 Å². The maximum Gasteiger partial charge on any atom is 0.332 e. The van der Waals surface area contributed by atoms with Gasteiger partial charge < -0.3 is 4.57 Å². The van der Waals surface area contributed by atoms with Crippen molar-refractivity contribution in [3.8, 4) is 0 Å². The van der Waals surface area contributed by atoms with Gasteiger partial charge in [-0.1, -0.05) is 29.3 Å². The van der Waals surface area contributed by atoms with Gasteiger partial charge in [0.2, 0.25) is 5.28 Å². The van der Waals surface area contributed by atoms with Crippen LogP contribution in [0.2, 0.25) is 15.3 Å². The summed E-state index contributed by atoms with van der Waals surface area (Å²) in [4.78, 5) is 28.5. The van der Waals surface area contributed by atoms with E-state index in [4.69, 9.17) is 34.8 Å². The number of rotatable bonds is 2. The van der Waals surface area contributed by atoms with Crippen molar-refractivity contribution < 1.29 is 0 Å². The molecule has 3 rings (SSSR count). The van der Waals surface area contributed by atoms with Crippen molar-refractivity contribution in [1.29, 1.82) is 0 Å². The maximum absolute atomic E-state index is 12.4. The average molecular weight is 374 g/mol. The minimum Gasteiger partial charge on any atom is -0.304 e. The van der Waals surface area contributed by atoms with Crippen LogP contribution >= 0.6 is 34.8 Å². The zero-order valence-electron chi connectivity index (χ0n) is 12.2. The molecule has 3 aromatic rings. The van der Waals surface area contributed by atoms with Crippen LogP contribution in [0.4, 0.5) is 0 Å². The van der Waals surface area contributed by atoms with Gasteiger partial charge in [-0.3, -0.25) is 13.9 Å². The first kappa shape index (κ1) is 16.1. The van der Waals surface area contributed by atoms with E-state index in [2.05, 4.69) is 4.98 Å². The number of imidazole rings is 1. The van der Waals surface area contributed by atoms with Crippen LogP contribution in [0.15, 0.2) is 27.8 Å². The predicted octanol–water partition coefficient (Wildman–Crippen LogP) is 2.44. The SMILES string of the molecule is Cn1c(=O)c2c(nc(Cl)n2Cc2ccc(Cl)cc2Cl)n(C)c1=O. The predicted molar refractivity (Wildman–Crippen MR) is 90.8 cm³/mol. The summed E-state index contributed by atoms with van der Waals surface area (Å²) in [5.74, 6) is 0. The van der Waals surface area contributed by atoms with Crippen molar-refractivity contribution in [2.45, 2.75) is 6.54 Å². The lowest BCUT2D eigenvalue weighted by atomic mass is 10.2. The molecule has 0 saturated heterocycles. The van der Waals surface area contributed by atoms with Gasteiger partial charge in [0.15, 0.2) is 11.2 Å². The molecule has 23 heavy (non-hydrogen) atoms. The van der Waals surface area contributed by atoms with Gasteiger partial charge in [0, 0.05) is 24.1 Å². The number of aryl methyl sites for hydroxylation is 1. The third-order valence-electron chi connectivity index (χ3n) is 3.64. The Labute approximate surface area is 145 Å². The summed E-state index contributed by atoms with van der Waals surface area (Å²) < 4.78 is 3.82. The monoisotopic (exact) mass is 372 g/mol. The second kappa shape index (κ2) is 5.70. The second-order valence-corrected chi connectivity index (χ2v) is 6.26. The van der Waals surface area contributed by atoms with Crippen LogP contribution in [0.5, 0.6) is 0 Å². The molecule has 0 fully saturated rings. The molecule has 0 saturated carbocycles. The fourth-order valence-corrected chi connectivity index (χ4v) is 3.08. The van der Waals surface area contributed by atoms with Crippen molar-refractivity contribution in [1.82, 2.24) is 18.7 Å². The summed E-state index contributed by atoms with van der Waals surface area (Å²) >= 11 is 18.2. The molecule has 2 heterocycles. The lowest BCUT2D eigenvalue weighted by Gasteiger charge is -2.09. The van der Waals surface area contributed by atoms with E-state index in [1.54, 1.807) is 18.2 Å². The maximum atomic E-state index is 12.4. The zero-order valence-corrected chi connectivity index (χ0v) is 14.4. The molecule has 0 aliphatic rings. The molecular weight excluding hydrogens is 363 g/mol. The van der Waals surface area contributed by atoms with E-state index in [0.29, 0.717) is 10.0 Å². The van der Waals surface area contributed by atoms with Crippen LogP contribution in [0.1, 0.15) is 5.56 Å². The number of hydrogen-bond acceptors (Lipinski definition) is 3. The van der Waals surface area contributed by atoms with Gasteiger partial charge >= 0.3 is 5.69 Å². The minimum absolute atomic E-state index is 0.101. The van der Waals surface area contributed by atoms with E-state index >= 15 is 0 Å². The van der Waals surface area contributed by atoms with Crippen LogP contribution in [0.25, 0.3) is 11.2 Å². The molecular formula is C14H11Cl3N4O2. The summed E-state index contributed by atoms with van der Waals surface area (Å²) in [5, 5.41) is 1.07. The first-order valence-corrected chi connectivity index (χ1v) is 7.70. The lowest BCUT2D eigenvalue weighted by molar-refractivity contribution is 0.702. The van der Waals surface area contributed by atoms with E-state index in [1.807, 2.05) is 0 Å². The highest BCUT2D eigenvalue weighted by Crippen LogP contribution is 2.24. The number of nitrogens with zero attached hydrogens (tertiary/aromatic N) is 4. The van der Waals surface area contributed by atoms with Gasteiger partial charge in [-0.15, -0.1) is 0 Å². The Balaban J connectivity index is 2.28. The number of benzene rings is 1. The average Bonchev–Trinajstić information content (AvgIpc) is 2.83. The molecule has 0 bridgehead atoms. The van der Waals surface area contributed by atoms with Crippen molar-refractivity contribution in [3.05, 3.63) is 59.9 Å². The summed E-state index contributed by atoms with van der Waals surface area (Å²) in [6.07, 6.45) is 0. The molecule has 2 aromatic heterocycles. The first-order chi connectivity index (χ1) is 10.8. The number of halogens is 3. The Morgan fingerprint density at radius 2 is 1.78 bits per heavy atom. The molecule has 1 aromatic carbocycles. The third-order valence-corrected chi connectivity index (χ3v) is 4.52.